The number of hydrogen-bond donors (Lipinski definition) is 1. The first-order chi connectivity index (χ1) is 12.7. The van der Waals surface area contributed by atoms with Crippen LogP contribution >= 0.6 is 11.6 Å². The van der Waals surface area contributed by atoms with Crippen molar-refractivity contribution in [1.82, 2.24) is 4.72 Å². The third-order valence-electron chi connectivity index (χ3n) is 4.41. The van der Waals surface area contributed by atoms with Gasteiger partial charge in [0.2, 0.25) is 5.91 Å². The van der Waals surface area contributed by atoms with Crippen LogP contribution in [0, 0.1) is 10.1 Å². The van der Waals surface area contributed by atoms with E-state index < -0.39 is 37.4 Å². The van der Waals surface area contributed by atoms with E-state index in [4.69, 9.17) is 16.3 Å². The van der Waals surface area contributed by atoms with E-state index in [9.17, 15) is 23.3 Å². The highest BCUT2D eigenvalue weighted by molar-refractivity contribution is 7.90. The molecule has 142 valence electrons. The maximum atomic E-state index is 12.6. The summed E-state index contributed by atoms with van der Waals surface area (Å²) < 4.78 is 32.4. The Morgan fingerprint density at radius 2 is 2.07 bits per heavy atom. The fourth-order valence-corrected chi connectivity index (χ4v) is 4.54. The lowest BCUT2D eigenvalue weighted by Crippen LogP contribution is -2.34. The van der Waals surface area contributed by atoms with Gasteiger partial charge in [-0.3, -0.25) is 14.9 Å². The molecule has 0 bridgehead atoms. The summed E-state index contributed by atoms with van der Waals surface area (Å²) in [7, 11) is -2.92. The average molecular weight is 411 g/mol. The van der Waals surface area contributed by atoms with Gasteiger partial charge in [0.25, 0.3) is 15.7 Å². The van der Waals surface area contributed by atoms with Gasteiger partial charge in [0.05, 0.1) is 18.0 Å². The fourth-order valence-electron chi connectivity index (χ4n) is 3.20. The molecule has 1 N–H and O–H groups in total. The number of rotatable bonds is 5. The molecule has 2 aromatic carbocycles. The summed E-state index contributed by atoms with van der Waals surface area (Å²) in [6, 6.07) is 8.38. The number of fused-ring (bicyclic) bond motifs is 1. The van der Waals surface area contributed by atoms with Crippen LogP contribution in [-0.2, 0) is 21.2 Å². The van der Waals surface area contributed by atoms with Gasteiger partial charge in [-0.25, -0.2) is 13.1 Å². The van der Waals surface area contributed by atoms with E-state index in [1.54, 1.807) is 18.2 Å². The predicted molar refractivity (Wildman–Crippen MR) is 97.5 cm³/mol. The third kappa shape index (κ3) is 3.60. The first-order valence-electron chi connectivity index (χ1n) is 7.91. The zero-order valence-corrected chi connectivity index (χ0v) is 15.7. The Hall–Kier alpha value is -2.65. The van der Waals surface area contributed by atoms with Crippen molar-refractivity contribution in [2.45, 2.75) is 23.7 Å². The number of carbonyl (C=O) groups excluding carboxylic acids is 1. The first-order valence-corrected chi connectivity index (χ1v) is 9.77. The van der Waals surface area contributed by atoms with Crippen molar-refractivity contribution in [3.63, 3.8) is 0 Å². The van der Waals surface area contributed by atoms with E-state index in [1.807, 2.05) is 4.72 Å². The summed E-state index contributed by atoms with van der Waals surface area (Å²) >= 11 is 5.71. The monoisotopic (exact) mass is 410 g/mol. The summed E-state index contributed by atoms with van der Waals surface area (Å²) in [5.41, 5.74) is 0.846. The molecule has 1 aliphatic rings. The van der Waals surface area contributed by atoms with Gasteiger partial charge in [0.1, 0.15) is 5.75 Å². The highest BCUT2D eigenvalue weighted by Crippen LogP contribution is 2.38. The van der Waals surface area contributed by atoms with Gasteiger partial charge in [-0.2, -0.15) is 0 Å². The topological polar surface area (TPSA) is 116 Å². The molecule has 1 unspecified atom stereocenters. The maximum Gasteiger partial charge on any atom is 0.291 e. The second kappa shape index (κ2) is 7.16. The Bertz CT molecular complexity index is 1040. The minimum Gasteiger partial charge on any atom is -0.496 e. The van der Waals surface area contributed by atoms with Gasteiger partial charge >= 0.3 is 0 Å². The second-order valence-electron chi connectivity index (χ2n) is 5.96. The van der Waals surface area contributed by atoms with Crippen LogP contribution in [0.4, 0.5) is 5.69 Å². The van der Waals surface area contributed by atoms with E-state index in [2.05, 4.69) is 0 Å². The Balaban J connectivity index is 1.91. The number of amides is 1. The molecular weight excluding hydrogens is 396 g/mol. The summed E-state index contributed by atoms with van der Waals surface area (Å²) in [5, 5.41) is 11.2. The number of hydrogen-bond acceptors (Lipinski definition) is 6. The lowest BCUT2D eigenvalue weighted by molar-refractivity contribution is -0.387. The zero-order chi connectivity index (χ0) is 19.8. The minimum absolute atomic E-state index is 0.0174. The summed E-state index contributed by atoms with van der Waals surface area (Å²) in [6.07, 6.45) is 0.984. The maximum absolute atomic E-state index is 12.6. The summed E-state index contributed by atoms with van der Waals surface area (Å²) in [4.78, 5) is 22.3. The van der Waals surface area contributed by atoms with Crippen molar-refractivity contribution in [3.8, 4) is 5.75 Å². The number of methoxy groups -OCH3 is 1. The van der Waals surface area contributed by atoms with Crippen LogP contribution < -0.4 is 9.46 Å². The molecule has 0 radical (unpaired) electrons. The van der Waals surface area contributed by atoms with Gasteiger partial charge in [0, 0.05) is 11.1 Å². The number of halogens is 1. The molecule has 0 heterocycles. The fraction of sp³-hybridized carbons (Fsp3) is 0.235. The van der Waals surface area contributed by atoms with Crippen LogP contribution in [-0.4, -0.2) is 26.4 Å². The predicted octanol–water partition coefficient (Wildman–Crippen LogP) is 2.79. The number of nitro groups is 1. The standard InChI is InChI=1S/C17H15ClN2O6S/c1-26-15-4-2-3-11-12(15)6-7-13(11)17(21)19-27(24,25)16-8-5-10(18)9-14(16)20(22)23/h2-5,8-9,13H,6-7H2,1H3,(H,19,21). The number of nitrogens with one attached hydrogen (secondary N) is 1. The molecule has 0 saturated heterocycles. The Labute approximate surface area is 160 Å². The van der Waals surface area contributed by atoms with E-state index in [0.717, 1.165) is 17.7 Å². The quantitative estimate of drug-likeness (QED) is 0.598. The third-order valence-corrected chi connectivity index (χ3v) is 6.04. The van der Waals surface area contributed by atoms with E-state index in [1.165, 1.54) is 13.2 Å². The molecule has 3 rings (SSSR count). The first kappa shape index (κ1) is 19.1. The van der Waals surface area contributed by atoms with Gasteiger partial charge < -0.3 is 4.74 Å². The molecule has 0 aromatic heterocycles. The lowest BCUT2D eigenvalue weighted by Gasteiger charge is -2.13. The number of nitrogens with zero attached hydrogens (tertiary/aromatic N) is 1. The SMILES string of the molecule is COc1cccc2c1CCC2C(=O)NS(=O)(=O)c1ccc(Cl)cc1[N+](=O)[O-]. The van der Waals surface area contributed by atoms with Crippen molar-refractivity contribution in [1.29, 1.82) is 0 Å². The minimum atomic E-state index is -4.44. The van der Waals surface area contributed by atoms with Gasteiger partial charge in [-0.15, -0.1) is 0 Å². The number of benzene rings is 2. The van der Waals surface area contributed by atoms with Crippen LogP contribution in [0.1, 0.15) is 23.5 Å². The lowest BCUT2D eigenvalue weighted by atomic mass is 10.0. The molecule has 0 saturated carbocycles. The molecule has 0 spiro atoms. The Morgan fingerprint density at radius 3 is 2.74 bits per heavy atom. The molecule has 1 aliphatic carbocycles. The number of nitro benzene ring substituents is 1. The highest BCUT2D eigenvalue weighted by atomic mass is 35.5. The molecule has 0 aliphatic heterocycles. The normalized spacial score (nSPS) is 15.9. The molecule has 10 heteroatoms. The zero-order valence-electron chi connectivity index (χ0n) is 14.1. The van der Waals surface area contributed by atoms with Gasteiger partial charge in [0.15, 0.2) is 4.90 Å². The van der Waals surface area contributed by atoms with Crippen LogP contribution in [0.25, 0.3) is 0 Å². The summed E-state index contributed by atoms with van der Waals surface area (Å²) in [5.74, 6) is -0.790. The van der Waals surface area contributed by atoms with Crippen molar-refractivity contribution in [3.05, 3.63) is 62.7 Å². The Kier molecular flexibility index (Phi) is 5.07. The molecular formula is C17H15ClN2O6S. The number of ether oxygens (including phenoxy) is 1. The van der Waals surface area contributed by atoms with Crippen LogP contribution in [0.2, 0.25) is 5.02 Å². The van der Waals surface area contributed by atoms with Crippen LogP contribution in [0.15, 0.2) is 41.3 Å². The van der Waals surface area contributed by atoms with Gasteiger partial charge in [-0.1, -0.05) is 23.7 Å². The molecule has 2 aromatic rings. The molecule has 8 nitrogen and oxygen atoms in total. The second-order valence-corrected chi connectivity index (χ2v) is 8.05. The molecule has 1 amide bonds. The van der Waals surface area contributed by atoms with Gasteiger partial charge in [-0.05, 0) is 42.2 Å². The summed E-state index contributed by atoms with van der Waals surface area (Å²) in [6.45, 7) is 0. The van der Waals surface area contributed by atoms with Crippen molar-refractivity contribution >= 4 is 33.2 Å². The van der Waals surface area contributed by atoms with E-state index in [-0.39, 0.29) is 5.02 Å². The van der Waals surface area contributed by atoms with Crippen LogP contribution in [0.3, 0.4) is 0 Å². The smallest absolute Gasteiger partial charge is 0.291 e. The van der Waals surface area contributed by atoms with Crippen LogP contribution in [0.5, 0.6) is 5.75 Å². The van der Waals surface area contributed by atoms with E-state index >= 15 is 0 Å². The highest BCUT2D eigenvalue weighted by Gasteiger charge is 2.34. The molecule has 0 fully saturated rings. The Morgan fingerprint density at radius 1 is 1.33 bits per heavy atom. The largest absolute Gasteiger partial charge is 0.496 e. The van der Waals surface area contributed by atoms with Crippen molar-refractivity contribution in [2.24, 2.45) is 0 Å². The van der Waals surface area contributed by atoms with E-state index in [0.29, 0.717) is 24.2 Å². The van der Waals surface area contributed by atoms with Crippen molar-refractivity contribution in [2.75, 3.05) is 7.11 Å². The molecule has 27 heavy (non-hydrogen) atoms. The number of sulfonamides is 1. The molecule has 1 atom stereocenters. The average Bonchev–Trinajstić information content (AvgIpc) is 3.05. The van der Waals surface area contributed by atoms with Crippen molar-refractivity contribution < 1.29 is 22.9 Å². The number of carbonyl (C=O) groups is 1.